The van der Waals surface area contributed by atoms with Gasteiger partial charge in [0.2, 0.25) is 10.0 Å². The maximum absolute atomic E-state index is 12.5. The van der Waals surface area contributed by atoms with E-state index in [1.54, 1.807) is 0 Å². The molecule has 1 N–H and O–H groups in total. The molecule has 0 spiro atoms. The fourth-order valence-corrected chi connectivity index (χ4v) is 3.40. The molecule has 0 saturated heterocycles. The molecule has 0 aliphatic rings. The average Bonchev–Trinajstić information content (AvgIpc) is 2.46. The Morgan fingerprint density at radius 2 is 2.14 bits per heavy atom. The van der Waals surface area contributed by atoms with Gasteiger partial charge in [-0.1, -0.05) is 13.0 Å². The number of rotatable bonds is 8. The van der Waals surface area contributed by atoms with Crippen LogP contribution in [0.25, 0.3) is 0 Å². The minimum absolute atomic E-state index is 0.0731. The van der Waals surface area contributed by atoms with Crippen molar-refractivity contribution in [3.05, 3.63) is 36.4 Å². The lowest BCUT2D eigenvalue weighted by Crippen LogP contribution is -2.32. The van der Waals surface area contributed by atoms with Crippen molar-refractivity contribution in [1.29, 1.82) is 0 Å². The van der Waals surface area contributed by atoms with Crippen molar-refractivity contribution in [1.82, 2.24) is 4.31 Å². The molecule has 0 saturated carbocycles. The summed E-state index contributed by atoms with van der Waals surface area (Å²) in [5, 5.41) is 9.13. The molecule has 0 unspecified atom stereocenters. The van der Waals surface area contributed by atoms with Gasteiger partial charge in [0.25, 0.3) is 0 Å². The third-order valence-corrected chi connectivity index (χ3v) is 4.71. The molecule has 21 heavy (non-hydrogen) atoms. The normalized spacial score (nSPS) is 11.4. The standard InChI is InChI=1S/C14H19NO5S/c1-4-8-15(9-5-2)21(18,19)11-6-7-13(20-3)12(10-11)14(16)17/h4,6-7,10H,1,5,8-9H2,2-3H3,(H,16,17). The third kappa shape index (κ3) is 3.83. The predicted octanol–water partition coefficient (Wildman–Crippen LogP) is 1.98. The van der Waals surface area contributed by atoms with E-state index in [0.29, 0.717) is 13.0 Å². The van der Waals surface area contributed by atoms with E-state index in [1.165, 1.54) is 29.6 Å². The molecule has 1 aromatic carbocycles. The Labute approximate surface area is 124 Å². The van der Waals surface area contributed by atoms with Gasteiger partial charge in [0, 0.05) is 13.1 Å². The molecule has 6 nitrogen and oxygen atoms in total. The zero-order valence-electron chi connectivity index (χ0n) is 12.1. The fourth-order valence-electron chi connectivity index (χ4n) is 1.87. The van der Waals surface area contributed by atoms with E-state index in [-0.39, 0.29) is 22.8 Å². The highest BCUT2D eigenvalue weighted by Crippen LogP contribution is 2.24. The number of aromatic carboxylic acids is 1. The van der Waals surface area contributed by atoms with Gasteiger partial charge < -0.3 is 9.84 Å². The Morgan fingerprint density at radius 1 is 1.48 bits per heavy atom. The predicted molar refractivity (Wildman–Crippen MR) is 79.2 cm³/mol. The molecule has 0 fully saturated rings. The van der Waals surface area contributed by atoms with Crippen LogP contribution in [0.2, 0.25) is 0 Å². The molecule has 0 radical (unpaired) electrons. The number of carbonyl (C=O) groups is 1. The van der Waals surface area contributed by atoms with Crippen LogP contribution in [-0.4, -0.2) is 44.0 Å². The summed E-state index contributed by atoms with van der Waals surface area (Å²) >= 11 is 0. The monoisotopic (exact) mass is 313 g/mol. The first-order valence-corrected chi connectivity index (χ1v) is 7.84. The van der Waals surface area contributed by atoms with Gasteiger partial charge in [-0.05, 0) is 24.6 Å². The first-order chi connectivity index (χ1) is 9.88. The maximum Gasteiger partial charge on any atom is 0.339 e. The molecule has 0 bridgehead atoms. The molecule has 116 valence electrons. The molecule has 0 atom stereocenters. The van der Waals surface area contributed by atoms with Crippen LogP contribution in [0.15, 0.2) is 35.7 Å². The van der Waals surface area contributed by atoms with E-state index < -0.39 is 16.0 Å². The Kier molecular flexibility index (Phi) is 5.92. The highest BCUT2D eigenvalue weighted by molar-refractivity contribution is 7.89. The first kappa shape index (κ1) is 17.2. The van der Waals surface area contributed by atoms with E-state index in [0.717, 1.165) is 6.07 Å². The summed E-state index contributed by atoms with van der Waals surface area (Å²) in [4.78, 5) is 11.1. The fraction of sp³-hybridized carbons (Fsp3) is 0.357. The lowest BCUT2D eigenvalue weighted by Gasteiger charge is -2.20. The van der Waals surface area contributed by atoms with E-state index >= 15 is 0 Å². The largest absolute Gasteiger partial charge is 0.496 e. The molecular formula is C14H19NO5S. The summed E-state index contributed by atoms with van der Waals surface area (Å²) in [5.41, 5.74) is -0.186. The molecule has 7 heteroatoms. The number of hydrogen-bond donors (Lipinski definition) is 1. The van der Waals surface area contributed by atoms with Crippen LogP contribution in [0.4, 0.5) is 0 Å². The summed E-state index contributed by atoms with van der Waals surface area (Å²) in [6, 6.07) is 3.79. The van der Waals surface area contributed by atoms with Gasteiger partial charge in [-0.3, -0.25) is 0 Å². The Balaban J connectivity index is 3.33. The van der Waals surface area contributed by atoms with Gasteiger partial charge in [0.15, 0.2) is 0 Å². The number of benzene rings is 1. The van der Waals surface area contributed by atoms with Crippen molar-refractivity contribution in [2.75, 3.05) is 20.2 Å². The van der Waals surface area contributed by atoms with Gasteiger partial charge in [0.1, 0.15) is 11.3 Å². The summed E-state index contributed by atoms with van der Waals surface area (Å²) in [5.74, 6) is -1.12. The van der Waals surface area contributed by atoms with E-state index in [4.69, 9.17) is 9.84 Å². The highest BCUT2D eigenvalue weighted by atomic mass is 32.2. The van der Waals surface area contributed by atoms with Crippen molar-refractivity contribution < 1.29 is 23.1 Å². The van der Waals surface area contributed by atoms with E-state index in [9.17, 15) is 13.2 Å². The Bertz CT molecular complexity index is 624. The average molecular weight is 313 g/mol. The summed E-state index contributed by atoms with van der Waals surface area (Å²) in [6.07, 6.45) is 2.14. The molecule has 0 aliphatic heterocycles. The van der Waals surface area contributed by atoms with Gasteiger partial charge in [-0.15, -0.1) is 6.58 Å². The summed E-state index contributed by atoms with van der Waals surface area (Å²) in [7, 11) is -2.43. The smallest absolute Gasteiger partial charge is 0.339 e. The second kappa shape index (κ2) is 7.24. The lowest BCUT2D eigenvalue weighted by atomic mass is 10.2. The van der Waals surface area contributed by atoms with Crippen molar-refractivity contribution in [2.24, 2.45) is 0 Å². The van der Waals surface area contributed by atoms with Crippen molar-refractivity contribution in [3.8, 4) is 5.75 Å². The Hall–Kier alpha value is -1.86. The number of carboxylic acids is 1. The van der Waals surface area contributed by atoms with Gasteiger partial charge >= 0.3 is 5.97 Å². The summed E-state index contributed by atoms with van der Waals surface area (Å²) < 4.78 is 31.2. The lowest BCUT2D eigenvalue weighted by molar-refractivity contribution is 0.0693. The zero-order chi connectivity index (χ0) is 16.0. The number of carboxylic acid groups (broad SMARTS) is 1. The van der Waals surface area contributed by atoms with Crippen molar-refractivity contribution in [2.45, 2.75) is 18.2 Å². The topological polar surface area (TPSA) is 83.9 Å². The SMILES string of the molecule is C=CCN(CCC)S(=O)(=O)c1ccc(OC)c(C(=O)O)c1. The van der Waals surface area contributed by atoms with Gasteiger partial charge in [0.05, 0.1) is 12.0 Å². The maximum atomic E-state index is 12.5. The van der Waals surface area contributed by atoms with Crippen LogP contribution in [0.5, 0.6) is 5.75 Å². The van der Waals surface area contributed by atoms with Crippen LogP contribution < -0.4 is 4.74 Å². The number of nitrogens with zero attached hydrogens (tertiary/aromatic N) is 1. The minimum atomic E-state index is -3.76. The van der Waals surface area contributed by atoms with Crippen LogP contribution >= 0.6 is 0 Å². The van der Waals surface area contributed by atoms with Crippen LogP contribution in [0.3, 0.4) is 0 Å². The van der Waals surface area contributed by atoms with Crippen molar-refractivity contribution in [3.63, 3.8) is 0 Å². The number of sulfonamides is 1. The number of methoxy groups -OCH3 is 1. The molecule has 0 amide bonds. The van der Waals surface area contributed by atoms with E-state index in [1.807, 2.05) is 6.92 Å². The summed E-state index contributed by atoms with van der Waals surface area (Å²) in [6.45, 7) is 5.91. The van der Waals surface area contributed by atoms with Gasteiger partial charge in [-0.2, -0.15) is 4.31 Å². The number of hydrogen-bond acceptors (Lipinski definition) is 4. The van der Waals surface area contributed by atoms with Crippen LogP contribution in [0, 0.1) is 0 Å². The Morgan fingerprint density at radius 3 is 2.62 bits per heavy atom. The minimum Gasteiger partial charge on any atom is -0.496 e. The van der Waals surface area contributed by atoms with E-state index in [2.05, 4.69) is 6.58 Å². The molecule has 1 aromatic rings. The zero-order valence-corrected chi connectivity index (χ0v) is 12.9. The van der Waals surface area contributed by atoms with Crippen LogP contribution in [0.1, 0.15) is 23.7 Å². The van der Waals surface area contributed by atoms with Gasteiger partial charge in [-0.25, -0.2) is 13.2 Å². The highest BCUT2D eigenvalue weighted by Gasteiger charge is 2.25. The quantitative estimate of drug-likeness (QED) is 0.742. The first-order valence-electron chi connectivity index (χ1n) is 6.40. The molecule has 0 aromatic heterocycles. The molecule has 0 aliphatic carbocycles. The van der Waals surface area contributed by atoms with Crippen molar-refractivity contribution >= 4 is 16.0 Å². The third-order valence-electron chi connectivity index (χ3n) is 2.84. The molecular weight excluding hydrogens is 294 g/mol. The van der Waals surface area contributed by atoms with Crippen LogP contribution in [-0.2, 0) is 10.0 Å². The second-order valence-corrected chi connectivity index (χ2v) is 6.26. The number of ether oxygens (including phenoxy) is 1. The second-order valence-electron chi connectivity index (χ2n) is 4.32. The molecule has 1 rings (SSSR count). The molecule has 0 heterocycles.